The van der Waals surface area contributed by atoms with E-state index >= 15 is 0 Å². The minimum atomic E-state index is -1.26. The molecule has 0 saturated carbocycles. The molecule has 1 rings (SSSR count). The highest BCUT2D eigenvalue weighted by Gasteiger charge is 2.43. The maximum Gasteiger partial charge on any atom is 0.335 e. The molecule has 1 aliphatic heterocycles. The molecular formula is C10H20ClNO6. The molecule has 0 aliphatic carbocycles. The molecule has 1 fully saturated rings. The third-order valence-electron chi connectivity index (χ3n) is 2.68. The van der Waals surface area contributed by atoms with Crippen molar-refractivity contribution in [1.82, 2.24) is 0 Å². The Balaban J connectivity index is 0.00000289. The Labute approximate surface area is 111 Å². The van der Waals surface area contributed by atoms with E-state index in [9.17, 15) is 20.1 Å². The molecule has 1 saturated heterocycles. The first-order valence-corrected chi connectivity index (χ1v) is 5.57. The third-order valence-corrected chi connectivity index (χ3v) is 2.68. The molecule has 0 spiro atoms. The Morgan fingerprint density at radius 2 is 2.17 bits per heavy atom. The molecule has 1 aliphatic rings. The fourth-order valence-electron chi connectivity index (χ4n) is 1.74. The second kappa shape index (κ2) is 7.88. The highest BCUT2D eigenvalue weighted by molar-refractivity contribution is 5.85. The van der Waals surface area contributed by atoms with Gasteiger partial charge in [0.25, 0.3) is 0 Å². The van der Waals surface area contributed by atoms with Crippen molar-refractivity contribution in [3.05, 3.63) is 0 Å². The summed E-state index contributed by atoms with van der Waals surface area (Å²) in [5, 5.41) is 28.7. The van der Waals surface area contributed by atoms with Crippen molar-refractivity contribution in [3.63, 3.8) is 0 Å². The fraction of sp³-hybridized carbons (Fsp3) is 0.900. The van der Waals surface area contributed by atoms with Crippen LogP contribution in [0, 0.1) is 0 Å². The molecule has 0 bridgehead atoms. The predicted molar refractivity (Wildman–Crippen MR) is 64.2 cm³/mol. The van der Waals surface area contributed by atoms with Crippen LogP contribution in [0.2, 0.25) is 0 Å². The standard InChI is InChI=1S/C10H19NO6.ClH/c1-2-16-10(15)7-3-5(12)8(14)9(17-7)6(13)4-11;/h5-9,12-14H,2-4,11H2,1H3;1H/t5-,6-,7+,8-,9-;/m1./s1. The van der Waals surface area contributed by atoms with E-state index in [2.05, 4.69) is 0 Å². The Kier molecular flexibility index (Phi) is 7.69. The molecule has 5 N–H and O–H groups in total. The largest absolute Gasteiger partial charge is 0.464 e. The van der Waals surface area contributed by atoms with Gasteiger partial charge in [-0.25, -0.2) is 4.79 Å². The van der Waals surface area contributed by atoms with E-state index in [1.807, 2.05) is 0 Å². The van der Waals surface area contributed by atoms with Gasteiger partial charge >= 0.3 is 5.97 Å². The van der Waals surface area contributed by atoms with Gasteiger partial charge in [0.15, 0.2) is 6.10 Å². The first-order valence-electron chi connectivity index (χ1n) is 5.57. The third kappa shape index (κ3) is 4.04. The van der Waals surface area contributed by atoms with Crippen LogP contribution in [0.4, 0.5) is 0 Å². The van der Waals surface area contributed by atoms with Crippen LogP contribution < -0.4 is 5.73 Å². The number of aliphatic hydroxyl groups is 3. The van der Waals surface area contributed by atoms with Crippen LogP contribution in [0.15, 0.2) is 0 Å². The first-order chi connectivity index (χ1) is 8.01. The van der Waals surface area contributed by atoms with Gasteiger partial charge in [-0.1, -0.05) is 0 Å². The van der Waals surface area contributed by atoms with Crippen molar-refractivity contribution in [3.8, 4) is 0 Å². The summed E-state index contributed by atoms with van der Waals surface area (Å²) in [4.78, 5) is 11.5. The van der Waals surface area contributed by atoms with Crippen LogP contribution in [0.25, 0.3) is 0 Å². The monoisotopic (exact) mass is 285 g/mol. The Hall–Kier alpha value is -0.440. The molecule has 108 valence electrons. The van der Waals surface area contributed by atoms with E-state index in [0.29, 0.717) is 0 Å². The second-order valence-corrected chi connectivity index (χ2v) is 3.94. The predicted octanol–water partition coefficient (Wildman–Crippen LogP) is -1.83. The molecule has 1 heterocycles. The molecule has 0 radical (unpaired) electrons. The normalized spacial score (nSPS) is 33.4. The molecule has 0 aromatic rings. The van der Waals surface area contributed by atoms with Gasteiger partial charge < -0.3 is 30.5 Å². The van der Waals surface area contributed by atoms with Gasteiger partial charge in [0, 0.05) is 13.0 Å². The average molecular weight is 286 g/mol. The van der Waals surface area contributed by atoms with Crippen LogP contribution in [0.3, 0.4) is 0 Å². The van der Waals surface area contributed by atoms with Crippen molar-refractivity contribution in [2.24, 2.45) is 5.73 Å². The Morgan fingerprint density at radius 3 is 2.67 bits per heavy atom. The fourth-order valence-corrected chi connectivity index (χ4v) is 1.74. The van der Waals surface area contributed by atoms with E-state index in [4.69, 9.17) is 15.2 Å². The minimum absolute atomic E-state index is 0. The summed E-state index contributed by atoms with van der Waals surface area (Å²) in [5.74, 6) is -0.618. The molecule has 0 aromatic carbocycles. The van der Waals surface area contributed by atoms with E-state index in [0.717, 1.165) is 0 Å². The first kappa shape index (κ1) is 17.6. The summed E-state index contributed by atoms with van der Waals surface area (Å²) in [6, 6.07) is 0. The lowest BCUT2D eigenvalue weighted by atomic mass is 9.94. The van der Waals surface area contributed by atoms with Crippen molar-refractivity contribution in [1.29, 1.82) is 0 Å². The lowest BCUT2D eigenvalue weighted by molar-refractivity contribution is -0.210. The van der Waals surface area contributed by atoms with E-state index in [1.165, 1.54) is 0 Å². The van der Waals surface area contributed by atoms with Crippen molar-refractivity contribution in [2.75, 3.05) is 13.2 Å². The number of carbonyl (C=O) groups excluding carboxylic acids is 1. The van der Waals surface area contributed by atoms with Gasteiger partial charge in [0.05, 0.1) is 18.8 Å². The second-order valence-electron chi connectivity index (χ2n) is 3.94. The highest BCUT2D eigenvalue weighted by Crippen LogP contribution is 2.23. The zero-order valence-electron chi connectivity index (χ0n) is 10.1. The van der Waals surface area contributed by atoms with Crippen molar-refractivity contribution in [2.45, 2.75) is 43.9 Å². The Bertz CT molecular complexity index is 267. The van der Waals surface area contributed by atoms with Crippen molar-refractivity contribution >= 4 is 18.4 Å². The van der Waals surface area contributed by atoms with E-state index < -0.39 is 36.5 Å². The molecule has 7 nitrogen and oxygen atoms in total. The Morgan fingerprint density at radius 1 is 1.56 bits per heavy atom. The maximum absolute atomic E-state index is 11.5. The number of nitrogens with two attached hydrogens (primary N) is 1. The zero-order valence-corrected chi connectivity index (χ0v) is 10.9. The molecule has 0 unspecified atom stereocenters. The van der Waals surface area contributed by atoms with Gasteiger partial charge in [-0.3, -0.25) is 0 Å². The van der Waals surface area contributed by atoms with Crippen LogP contribution in [-0.2, 0) is 14.3 Å². The SMILES string of the molecule is CCOC(=O)[C@@H]1C[C@@H](O)[C@@H](O)[C@@H]([C@H](O)CN)O1.Cl. The highest BCUT2D eigenvalue weighted by atomic mass is 35.5. The van der Waals surface area contributed by atoms with Gasteiger partial charge in [0.1, 0.15) is 12.2 Å². The molecule has 0 amide bonds. The van der Waals surface area contributed by atoms with E-state index in [1.54, 1.807) is 6.92 Å². The summed E-state index contributed by atoms with van der Waals surface area (Å²) < 4.78 is 9.98. The number of hydrogen-bond acceptors (Lipinski definition) is 7. The average Bonchev–Trinajstić information content (AvgIpc) is 2.31. The number of hydrogen-bond donors (Lipinski definition) is 4. The smallest absolute Gasteiger partial charge is 0.335 e. The molecule has 0 aromatic heterocycles. The molecule has 5 atom stereocenters. The van der Waals surface area contributed by atoms with Gasteiger partial charge in [-0.15, -0.1) is 12.4 Å². The molecule has 8 heteroatoms. The summed E-state index contributed by atoms with van der Waals surface area (Å²) in [7, 11) is 0. The molecule has 18 heavy (non-hydrogen) atoms. The number of rotatable bonds is 4. The minimum Gasteiger partial charge on any atom is -0.464 e. The summed E-state index contributed by atoms with van der Waals surface area (Å²) in [5.41, 5.74) is 5.25. The van der Waals surface area contributed by atoms with Gasteiger partial charge in [-0.05, 0) is 6.92 Å². The lowest BCUT2D eigenvalue weighted by Crippen LogP contribution is -2.56. The van der Waals surface area contributed by atoms with Crippen LogP contribution in [-0.4, -0.2) is 65.0 Å². The lowest BCUT2D eigenvalue weighted by Gasteiger charge is -2.37. The number of ether oxygens (including phenoxy) is 2. The van der Waals surface area contributed by atoms with Crippen molar-refractivity contribution < 1.29 is 29.6 Å². The maximum atomic E-state index is 11.5. The number of carbonyl (C=O) groups is 1. The zero-order chi connectivity index (χ0) is 13.0. The summed E-state index contributed by atoms with van der Waals surface area (Å²) in [6.07, 6.45) is -5.69. The van der Waals surface area contributed by atoms with Crippen LogP contribution in [0.5, 0.6) is 0 Å². The summed E-state index contributed by atoms with van der Waals surface area (Å²) >= 11 is 0. The van der Waals surface area contributed by atoms with Crippen LogP contribution >= 0.6 is 12.4 Å². The number of esters is 1. The quantitative estimate of drug-likeness (QED) is 0.448. The number of aliphatic hydroxyl groups excluding tert-OH is 3. The van der Waals surface area contributed by atoms with Gasteiger partial charge in [0.2, 0.25) is 0 Å². The molecular weight excluding hydrogens is 266 g/mol. The van der Waals surface area contributed by atoms with Crippen LogP contribution in [0.1, 0.15) is 13.3 Å². The topological polar surface area (TPSA) is 122 Å². The van der Waals surface area contributed by atoms with Gasteiger partial charge in [-0.2, -0.15) is 0 Å². The summed E-state index contributed by atoms with van der Waals surface area (Å²) in [6.45, 7) is 1.71. The number of halogens is 1. The van der Waals surface area contributed by atoms with E-state index in [-0.39, 0.29) is 32.0 Å².